The molecule has 2 rings (SSSR count). The number of carbonyl (C=O) groups is 2. The lowest BCUT2D eigenvalue weighted by Crippen LogP contribution is -2.43. The highest BCUT2D eigenvalue weighted by Crippen LogP contribution is 2.30. The molecule has 8 nitrogen and oxygen atoms in total. The zero-order valence-electron chi connectivity index (χ0n) is 15.3. The van der Waals surface area contributed by atoms with E-state index in [4.69, 9.17) is 4.74 Å². The van der Waals surface area contributed by atoms with Crippen LogP contribution in [-0.4, -0.2) is 23.3 Å². The first-order valence-corrected chi connectivity index (χ1v) is 8.24. The lowest BCUT2D eigenvalue weighted by atomic mass is 9.86. The van der Waals surface area contributed by atoms with Crippen molar-refractivity contribution in [2.24, 2.45) is 0 Å². The molecular weight excluding hydrogens is 350 g/mol. The fraction of sp³-hybridized carbons (Fsp3) is 0.263. The maximum Gasteiger partial charge on any atom is 0.276 e. The number of ether oxygens (including phenoxy) is 1. The number of nitro benzene ring substituents is 1. The number of nitrogens with zero attached hydrogens (tertiary/aromatic N) is 1. The summed E-state index contributed by atoms with van der Waals surface area (Å²) in [6.45, 7) is 5.82. The Labute approximate surface area is 156 Å². The molecule has 142 valence electrons. The van der Waals surface area contributed by atoms with Crippen LogP contribution in [-0.2, 0) is 10.2 Å². The van der Waals surface area contributed by atoms with Crippen molar-refractivity contribution in [3.63, 3.8) is 0 Å². The van der Waals surface area contributed by atoms with Crippen molar-refractivity contribution < 1.29 is 19.2 Å². The van der Waals surface area contributed by atoms with E-state index in [9.17, 15) is 19.7 Å². The largest absolute Gasteiger partial charge is 0.483 e. The summed E-state index contributed by atoms with van der Waals surface area (Å²) >= 11 is 0. The van der Waals surface area contributed by atoms with Gasteiger partial charge in [-0.2, -0.15) is 0 Å². The van der Waals surface area contributed by atoms with Crippen LogP contribution in [0.4, 0.5) is 5.69 Å². The van der Waals surface area contributed by atoms with Crippen LogP contribution in [0.1, 0.15) is 36.7 Å². The summed E-state index contributed by atoms with van der Waals surface area (Å²) in [7, 11) is 0. The molecule has 0 radical (unpaired) electrons. The molecule has 0 aromatic heterocycles. The fourth-order valence-electron chi connectivity index (χ4n) is 2.35. The van der Waals surface area contributed by atoms with E-state index in [1.54, 1.807) is 6.07 Å². The minimum absolute atomic E-state index is 0.0588. The van der Waals surface area contributed by atoms with E-state index in [1.807, 2.05) is 39.0 Å². The van der Waals surface area contributed by atoms with Gasteiger partial charge in [0, 0.05) is 17.7 Å². The van der Waals surface area contributed by atoms with Gasteiger partial charge in [-0.05, 0) is 23.1 Å². The fourth-order valence-corrected chi connectivity index (χ4v) is 2.35. The second kappa shape index (κ2) is 8.31. The molecule has 0 atom stereocenters. The van der Waals surface area contributed by atoms with Crippen LogP contribution in [0.5, 0.6) is 5.75 Å². The summed E-state index contributed by atoms with van der Waals surface area (Å²) in [5, 5.41) is 10.7. The SMILES string of the molecule is CC(C)(C)c1ccccc1OCC(=O)NNC(=O)c1cccc([N+](=O)[O-])c1. The van der Waals surface area contributed by atoms with Gasteiger partial charge in [0.05, 0.1) is 4.92 Å². The molecular formula is C19H21N3O5. The molecule has 0 saturated carbocycles. The molecule has 2 aromatic carbocycles. The zero-order valence-corrected chi connectivity index (χ0v) is 15.3. The normalized spacial score (nSPS) is 10.8. The molecule has 0 unspecified atom stereocenters. The van der Waals surface area contributed by atoms with Gasteiger partial charge in [-0.25, -0.2) is 0 Å². The first-order chi connectivity index (χ1) is 12.7. The van der Waals surface area contributed by atoms with Gasteiger partial charge in [0.2, 0.25) is 0 Å². The maximum atomic E-state index is 12.0. The third kappa shape index (κ3) is 5.53. The Hall–Kier alpha value is -3.42. The second-order valence-electron chi connectivity index (χ2n) is 6.84. The summed E-state index contributed by atoms with van der Waals surface area (Å²) in [5.74, 6) is -0.634. The maximum absolute atomic E-state index is 12.0. The van der Waals surface area contributed by atoms with Crippen LogP contribution in [0, 0.1) is 10.1 Å². The van der Waals surface area contributed by atoms with Crippen molar-refractivity contribution in [1.82, 2.24) is 10.9 Å². The molecule has 0 saturated heterocycles. The first-order valence-electron chi connectivity index (χ1n) is 8.24. The predicted octanol–water partition coefficient (Wildman–Crippen LogP) is 2.73. The van der Waals surface area contributed by atoms with E-state index < -0.39 is 16.7 Å². The van der Waals surface area contributed by atoms with E-state index in [0.29, 0.717) is 5.75 Å². The molecule has 0 fully saturated rings. The number of nitrogens with one attached hydrogen (secondary N) is 2. The van der Waals surface area contributed by atoms with E-state index in [0.717, 1.165) is 11.6 Å². The minimum Gasteiger partial charge on any atom is -0.483 e. The summed E-state index contributed by atoms with van der Waals surface area (Å²) in [5.41, 5.74) is 5.08. The van der Waals surface area contributed by atoms with Gasteiger partial charge in [-0.1, -0.05) is 45.0 Å². The van der Waals surface area contributed by atoms with Gasteiger partial charge >= 0.3 is 0 Å². The number of hydrogen-bond donors (Lipinski definition) is 2. The van der Waals surface area contributed by atoms with Crippen molar-refractivity contribution in [2.45, 2.75) is 26.2 Å². The van der Waals surface area contributed by atoms with E-state index >= 15 is 0 Å². The molecule has 0 bridgehead atoms. The average molecular weight is 371 g/mol. The van der Waals surface area contributed by atoms with Gasteiger partial charge in [-0.3, -0.25) is 30.6 Å². The van der Waals surface area contributed by atoms with Crippen molar-refractivity contribution in [3.8, 4) is 5.75 Å². The first kappa shape index (κ1) is 19.9. The third-order valence-electron chi connectivity index (χ3n) is 3.69. The predicted molar refractivity (Wildman–Crippen MR) is 99.3 cm³/mol. The minimum atomic E-state index is -0.665. The Bertz CT molecular complexity index is 858. The molecule has 8 heteroatoms. The van der Waals surface area contributed by atoms with Crippen LogP contribution >= 0.6 is 0 Å². The van der Waals surface area contributed by atoms with Gasteiger partial charge in [-0.15, -0.1) is 0 Å². The summed E-state index contributed by atoms with van der Waals surface area (Å²) in [6.07, 6.45) is 0. The smallest absolute Gasteiger partial charge is 0.276 e. The molecule has 2 N–H and O–H groups in total. The van der Waals surface area contributed by atoms with Crippen molar-refractivity contribution in [1.29, 1.82) is 0 Å². The lowest BCUT2D eigenvalue weighted by molar-refractivity contribution is -0.384. The zero-order chi connectivity index (χ0) is 20.0. The van der Waals surface area contributed by atoms with Gasteiger partial charge in [0.15, 0.2) is 6.61 Å². The molecule has 2 amide bonds. The van der Waals surface area contributed by atoms with E-state index in [2.05, 4.69) is 10.9 Å². The average Bonchev–Trinajstić information content (AvgIpc) is 2.64. The van der Waals surface area contributed by atoms with E-state index in [-0.39, 0.29) is 23.3 Å². The molecule has 2 aromatic rings. The number of rotatable bonds is 5. The van der Waals surface area contributed by atoms with Crippen molar-refractivity contribution >= 4 is 17.5 Å². The number of para-hydroxylation sites is 1. The Balaban J connectivity index is 1.91. The summed E-state index contributed by atoms with van der Waals surface area (Å²) < 4.78 is 5.56. The van der Waals surface area contributed by atoms with Crippen LogP contribution in [0.25, 0.3) is 0 Å². The summed E-state index contributed by atoms with van der Waals surface area (Å²) in [4.78, 5) is 34.1. The number of nitro groups is 1. The molecule has 0 aliphatic heterocycles. The number of non-ortho nitro benzene ring substituents is 1. The number of benzene rings is 2. The van der Waals surface area contributed by atoms with E-state index in [1.165, 1.54) is 18.2 Å². The van der Waals surface area contributed by atoms with Gasteiger partial charge < -0.3 is 4.74 Å². The topological polar surface area (TPSA) is 111 Å². The molecule has 0 aliphatic rings. The highest BCUT2D eigenvalue weighted by Gasteiger charge is 2.19. The summed E-state index contributed by atoms with van der Waals surface area (Å²) in [6, 6.07) is 12.6. The Morgan fingerprint density at radius 2 is 1.78 bits per heavy atom. The quantitative estimate of drug-likeness (QED) is 0.620. The molecule has 0 spiro atoms. The Morgan fingerprint density at radius 3 is 2.44 bits per heavy atom. The van der Waals surface area contributed by atoms with Gasteiger partial charge in [0.25, 0.3) is 17.5 Å². The molecule has 27 heavy (non-hydrogen) atoms. The molecule has 0 aliphatic carbocycles. The standard InChI is InChI=1S/C19H21N3O5/c1-19(2,3)15-9-4-5-10-16(15)27-12-17(23)20-21-18(24)13-7-6-8-14(11-13)22(25)26/h4-11H,12H2,1-3H3,(H,20,23)(H,21,24). The second-order valence-corrected chi connectivity index (χ2v) is 6.84. The Kier molecular flexibility index (Phi) is 6.12. The number of carbonyl (C=O) groups excluding carboxylic acids is 2. The van der Waals surface area contributed by atoms with Crippen LogP contribution in [0.15, 0.2) is 48.5 Å². The van der Waals surface area contributed by atoms with Gasteiger partial charge in [0.1, 0.15) is 5.75 Å². The lowest BCUT2D eigenvalue weighted by Gasteiger charge is -2.22. The van der Waals surface area contributed by atoms with Crippen LogP contribution < -0.4 is 15.6 Å². The van der Waals surface area contributed by atoms with Crippen LogP contribution in [0.2, 0.25) is 0 Å². The van der Waals surface area contributed by atoms with Crippen molar-refractivity contribution in [3.05, 3.63) is 69.8 Å². The highest BCUT2D eigenvalue weighted by molar-refractivity contribution is 5.96. The van der Waals surface area contributed by atoms with Crippen molar-refractivity contribution in [2.75, 3.05) is 6.61 Å². The third-order valence-corrected chi connectivity index (χ3v) is 3.69. The highest BCUT2D eigenvalue weighted by atomic mass is 16.6. The Morgan fingerprint density at radius 1 is 1.07 bits per heavy atom. The monoisotopic (exact) mass is 371 g/mol. The number of amides is 2. The van der Waals surface area contributed by atoms with Crippen LogP contribution in [0.3, 0.4) is 0 Å². The number of hydrazine groups is 1. The number of hydrogen-bond acceptors (Lipinski definition) is 5. The molecule has 0 heterocycles.